The van der Waals surface area contributed by atoms with Gasteiger partial charge in [-0.2, -0.15) is 0 Å². The molecule has 0 aliphatic rings. The third kappa shape index (κ3) is 8.59. The van der Waals surface area contributed by atoms with Crippen LogP contribution in [0.25, 0.3) is 0 Å². The van der Waals surface area contributed by atoms with Crippen LogP contribution >= 0.6 is 11.8 Å². The first-order valence-electron chi connectivity index (χ1n) is 12.3. The molecule has 0 unspecified atom stereocenters. The minimum absolute atomic E-state index is 0.00533. The van der Waals surface area contributed by atoms with Gasteiger partial charge in [-0.05, 0) is 43.5 Å². The molecule has 0 heterocycles. The largest absolute Gasteiger partial charge is 0.352 e. The average molecular weight is 489 g/mol. The number of carbonyl (C=O) groups is 2. The first-order valence-corrected chi connectivity index (χ1v) is 13.3. The molecule has 3 rings (SSSR count). The van der Waals surface area contributed by atoms with E-state index in [2.05, 4.69) is 29.6 Å². The molecular weight excluding hydrogens is 452 g/mol. The van der Waals surface area contributed by atoms with Gasteiger partial charge in [0.15, 0.2) is 0 Å². The second-order valence-corrected chi connectivity index (χ2v) is 10.1. The van der Waals surface area contributed by atoms with E-state index in [4.69, 9.17) is 0 Å². The average Bonchev–Trinajstić information content (AvgIpc) is 2.88. The van der Waals surface area contributed by atoms with Crippen molar-refractivity contribution in [3.8, 4) is 0 Å². The van der Waals surface area contributed by atoms with Crippen molar-refractivity contribution < 1.29 is 9.59 Å². The Balaban J connectivity index is 1.85. The van der Waals surface area contributed by atoms with Gasteiger partial charge in [0.2, 0.25) is 11.8 Å². The Morgan fingerprint density at radius 3 is 2.14 bits per heavy atom. The lowest BCUT2D eigenvalue weighted by atomic mass is 10.0. The van der Waals surface area contributed by atoms with Gasteiger partial charge in [-0.25, -0.2) is 0 Å². The molecule has 0 radical (unpaired) electrons. The smallest absolute Gasteiger partial charge is 0.243 e. The molecule has 0 fully saturated rings. The maximum Gasteiger partial charge on any atom is 0.243 e. The van der Waals surface area contributed by atoms with Gasteiger partial charge in [0.25, 0.3) is 0 Å². The van der Waals surface area contributed by atoms with Crippen molar-refractivity contribution in [3.05, 3.63) is 102 Å². The third-order valence-corrected chi connectivity index (χ3v) is 7.09. The number of thioether (sulfide) groups is 1. The predicted molar refractivity (Wildman–Crippen MR) is 145 cm³/mol. The summed E-state index contributed by atoms with van der Waals surface area (Å²) in [6.45, 7) is 6.50. The standard InChI is InChI=1S/C30H36N2O2S/c1-4-24(3)31-30(34)28(21-25-11-7-5-8-12-25)32(22-26-17-15-23(2)16-18-26)29(33)19-20-35-27-13-9-6-10-14-27/h5-18,24,28H,4,19-22H2,1-3H3,(H,31,34)/t24-,28+/m1/s1. The SMILES string of the molecule is CC[C@@H](C)NC(=O)[C@H](Cc1ccccc1)N(Cc1ccc(C)cc1)C(=O)CCSc1ccccc1. The van der Waals surface area contributed by atoms with Crippen LogP contribution in [-0.4, -0.2) is 34.6 Å². The molecule has 2 atom stereocenters. The third-order valence-electron chi connectivity index (χ3n) is 6.07. The van der Waals surface area contributed by atoms with Crippen LogP contribution in [0.2, 0.25) is 0 Å². The molecule has 184 valence electrons. The zero-order chi connectivity index (χ0) is 25.0. The number of amides is 2. The molecule has 0 aromatic heterocycles. The monoisotopic (exact) mass is 488 g/mol. The summed E-state index contributed by atoms with van der Waals surface area (Å²) in [5, 5.41) is 3.12. The molecule has 0 aliphatic heterocycles. The van der Waals surface area contributed by atoms with Crippen LogP contribution in [0, 0.1) is 6.92 Å². The number of hydrogen-bond donors (Lipinski definition) is 1. The van der Waals surface area contributed by atoms with Crippen LogP contribution in [0.3, 0.4) is 0 Å². The molecule has 1 N–H and O–H groups in total. The second kappa shape index (κ2) is 13.7. The minimum Gasteiger partial charge on any atom is -0.352 e. The summed E-state index contributed by atoms with van der Waals surface area (Å²) in [6, 6.07) is 27.7. The summed E-state index contributed by atoms with van der Waals surface area (Å²) in [7, 11) is 0. The van der Waals surface area contributed by atoms with Gasteiger partial charge in [0.05, 0.1) is 0 Å². The first kappa shape index (κ1) is 26.6. The van der Waals surface area contributed by atoms with Crippen LogP contribution in [0.15, 0.2) is 89.8 Å². The van der Waals surface area contributed by atoms with Gasteiger partial charge >= 0.3 is 0 Å². The Labute approximate surface area is 214 Å². The Bertz CT molecular complexity index is 1050. The van der Waals surface area contributed by atoms with Crippen LogP contribution in [0.1, 0.15) is 43.4 Å². The van der Waals surface area contributed by atoms with Crippen molar-refractivity contribution in [2.45, 2.75) is 63.6 Å². The minimum atomic E-state index is -0.582. The van der Waals surface area contributed by atoms with Gasteiger partial charge < -0.3 is 10.2 Å². The highest BCUT2D eigenvalue weighted by atomic mass is 32.2. The van der Waals surface area contributed by atoms with E-state index in [1.165, 1.54) is 5.56 Å². The molecule has 5 heteroatoms. The van der Waals surface area contributed by atoms with Crippen molar-refractivity contribution in [2.24, 2.45) is 0 Å². The number of aryl methyl sites for hydroxylation is 1. The fourth-order valence-corrected chi connectivity index (χ4v) is 4.66. The molecule has 0 aliphatic carbocycles. The van der Waals surface area contributed by atoms with Gasteiger partial charge in [0.1, 0.15) is 6.04 Å². The summed E-state index contributed by atoms with van der Waals surface area (Å²) < 4.78 is 0. The van der Waals surface area contributed by atoms with E-state index < -0.39 is 6.04 Å². The van der Waals surface area contributed by atoms with E-state index in [1.807, 2.05) is 81.4 Å². The lowest BCUT2D eigenvalue weighted by Crippen LogP contribution is -2.52. The molecule has 2 amide bonds. The zero-order valence-corrected chi connectivity index (χ0v) is 21.8. The van der Waals surface area contributed by atoms with E-state index in [0.29, 0.717) is 25.1 Å². The molecule has 0 spiro atoms. The maximum atomic E-state index is 13.6. The van der Waals surface area contributed by atoms with Crippen LogP contribution in [-0.2, 0) is 22.6 Å². The number of nitrogens with one attached hydrogen (secondary N) is 1. The lowest BCUT2D eigenvalue weighted by Gasteiger charge is -2.32. The van der Waals surface area contributed by atoms with E-state index in [-0.39, 0.29) is 17.9 Å². The van der Waals surface area contributed by atoms with Crippen LogP contribution in [0.4, 0.5) is 0 Å². The predicted octanol–water partition coefficient (Wildman–Crippen LogP) is 6.03. The van der Waals surface area contributed by atoms with E-state index in [1.54, 1.807) is 16.7 Å². The lowest BCUT2D eigenvalue weighted by molar-refractivity contribution is -0.141. The number of hydrogen-bond acceptors (Lipinski definition) is 3. The highest BCUT2D eigenvalue weighted by molar-refractivity contribution is 7.99. The number of carbonyl (C=O) groups excluding carboxylic acids is 2. The second-order valence-electron chi connectivity index (χ2n) is 8.94. The fourth-order valence-electron chi connectivity index (χ4n) is 3.80. The van der Waals surface area contributed by atoms with Crippen molar-refractivity contribution >= 4 is 23.6 Å². The topological polar surface area (TPSA) is 49.4 Å². The summed E-state index contributed by atoms with van der Waals surface area (Å²) in [5.41, 5.74) is 3.23. The highest BCUT2D eigenvalue weighted by Crippen LogP contribution is 2.21. The van der Waals surface area contributed by atoms with Crippen molar-refractivity contribution in [1.82, 2.24) is 10.2 Å². The molecule has 35 heavy (non-hydrogen) atoms. The van der Waals surface area contributed by atoms with Gasteiger partial charge in [-0.15, -0.1) is 11.8 Å². The molecule has 0 bridgehead atoms. The van der Waals surface area contributed by atoms with Gasteiger partial charge in [-0.3, -0.25) is 9.59 Å². The van der Waals surface area contributed by atoms with Crippen molar-refractivity contribution in [2.75, 3.05) is 5.75 Å². The summed E-state index contributed by atoms with van der Waals surface area (Å²) >= 11 is 1.66. The van der Waals surface area contributed by atoms with E-state index >= 15 is 0 Å². The molecule has 3 aromatic rings. The maximum absolute atomic E-state index is 13.6. The summed E-state index contributed by atoms with van der Waals surface area (Å²) in [6.07, 6.45) is 1.68. The number of nitrogens with zero attached hydrogens (tertiary/aromatic N) is 1. The quantitative estimate of drug-likeness (QED) is 0.317. The van der Waals surface area contributed by atoms with Crippen molar-refractivity contribution in [1.29, 1.82) is 0 Å². The molecule has 0 saturated heterocycles. The van der Waals surface area contributed by atoms with Crippen LogP contribution in [0.5, 0.6) is 0 Å². The number of rotatable bonds is 12. The highest BCUT2D eigenvalue weighted by Gasteiger charge is 2.30. The Morgan fingerprint density at radius 2 is 1.51 bits per heavy atom. The molecule has 0 saturated carbocycles. The molecular formula is C30H36N2O2S. The fraction of sp³-hybridized carbons (Fsp3) is 0.333. The Hall–Kier alpha value is -3.05. The molecule has 4 nitrogen and oxygen atoms in total. The Kier molecular flexibility index (Phi) is 10.4. The number of benzene rings is 3. The normalized spacial score (nSPS) is 12.5. The summed E-state index contributed by atoms with van der Waals surface area (Å²) in [5.74, 6) is 0.562. The van der Waals surface area contributed by atoms with E-state index in [9.17, 15) is 9.59 Å². The summed E-state index contributed by atoms with van der Waals surface area (Å²) in [4.78, 5) is 30.0. The van der Waals surface area contributed by atoms with Crippen molar-refractivity contribution in [3.63, 3.8) is 0 Å². The van der Waals surface area contributed by atoms with Gasteiger partial charge in [0, 0.05) is 36.1 Å². The van der Waals surface area contributed by atoms with E-state index in [0.717, 1.165) is 22.4 Å². The zero-order valence-electron chi connectivity index (χ0n) is 20.9. The van der Waals surface area contributed by atoms with Crippen LogP contribution < -0.4 is 5.32 Å². The first-order chi connectivity index (χ1) is 17.0. The van der Waals surface area contributed by atoms with Gasteiger partial charge in [-0.1, -0.05) is 85.3 Å². The molecule has 3 aromatic carbocycles. The Morgan fingerprint density at radius 1 is 0.886 bits per heavy atom.